The number of aliphatic hydroxyl groups excluding tert-OH is 1. The molecule has 6 bridgehead atoms. The molecule has 6 aromatic rings. The Morgan fingerprint density at radius 2 is 0.810 bits per heavy atom. The summed E-state index contributed by atoms with van der Waals surface area (Å²) in [6.07, 6.45) is 7.95. The van der Waals surface area contributed by atoms with Crippen LogP contribution in [-0.2, 0) is 81.9 Å². The van der Waals surface area contributed by atoms with Crippen molar-refractivity contribution in [2.75, 3.05) is 151 Å². The third-order valence-electron chi connectivity index (χ3n) is 28.0. The van der Waals surface area contributed by atoms with Gasteiger partial charge in [-0.25, -0.2) is 4.79 Å². The van der Waals surface area contributed by atoms with Gasteiger partial charge in [0.05, 0.1) is 82.4 Å². The number of likely N-dealkylation sites (N-methyl/N-ethyl adjacent to an activating group) is 3. The van der Waals surface area contributed by atoms with Gasteiger partial charge in [-0.05, 0) is 135 Å². The Labute approximate surface area is 846 Å². The topological polar surface area (TPSA) is 403 Å². The van der Waals surface area contributed by atoms with Crippen molar-refractivity contribution in [2.45, 2.75) is 174 Å². The third kappa shape index (κ3) is 18.7. The zero-order valence-corrected chi connectivity index (χ0v) is 87.1. The number of hydrogen-bond acceptors (Lipinski definition) is 35. The number of aryl methyl sites for hydroxylation is 3. The van der Waals surface area contributed by atoms with Gasteiger partial charge in [-0.1, -0.05) is 91.0 Å². The number of nitrogens with two attached hydrogens (primary N) is 1. The fourth-order valence-corrected chi connectivity index (χ4v) is 23.4. The van der Waals surface area contributed by atoms with Crippen LogP contribution in [0.5, 0.6) is 86.2 Å². The number of piperazine rings is 3. The van der Waals surface area contributed by atoms with Crippen molar-refractivity contribution in [2.24, 2.45) is 11.1 Å². The Bertz CT molecular complexity index is 5470. The number of alkyl carbamates (subject to hydrolysis) is 1. The number of alkyl halides is 3. The molecule has 3 saturated heterocycles. The number of nitrogens with zero attached hydrogens (tertiary/aromatic N) is 10. The first-order valence-electron chi connectivity index (χ1n) is 44.3. The molecule has 3 unspecified atom stereocenters. The van der Waals surface area contributed by atoms with Crippen LogP contribution in [0.1, 0.15) is 136 Å². The number of amides is 1. The minimum absolute atomic E-state index is 0. The minimum atomic E-state index is -1.78. The summed E-state index contributed by atoms with van der Waals surface area (Å²) in [5.41, 5.74) is 23.9. The molecule has 0 spiro atoms. The molecule has 6 aromatic carbocycles. The summed E-state index contributed by atoms with van der Waals surface area (Å²) < 4.78 is 111. The summed E-state index contributed by atoms with van der Waals surface area (Å²) in [6, 6.07) is 10.1. The number of rotatable bonds is 27. The number of hydrogen-bond donors (Lipinski definition) is 3. The third-order valence-corrected chi connectivity index (χ3v) is 28.3. The number of benzene rings is 6. The first-order valence-corrected chi connectivity index (χ1v) is 45.4. The Morgan fingerprint density at radius 1 is 0.504 bits per heavy atom. The average molecular weight is 2010 g/mol. The van der Waals surface area contributed by atoms with E-state index in [1.807, 2.05) is 48.6 Å². The number of nitrogens with one attached hydrogen (secondary N) is 1. The summed E-state index contributed by atoms with van der Waals surface area (Å²) in [5, 5.41) is 55.8. The quantitative estimate of drug-likeness (QED) is 0.00833. The predicted octanol–water partition coefficient (Wildman–Crippen LogP) is 8.09. The first-order chi connectivity index (χ1) is 65.2. The summed E-state index contributed by atoms with van der Waals surface area (Å²) in [5.74, 6) is 9.84. The van der Waals surface area contributed by atoms with Gasteiger partial charge in [-0.3, -0.25) is 29.4 Å². The zero-order valence-electron chi connectivity index (χ0n) is 79.9. The van der Waals surface area contributed by atoms with E-state index in [1.165, 1.54) is 10.9 Å². The minimum Gasteiger partial charge on any atom is -0.635 e. The summed E-state index contributed by atoms with van der Waals surface area (Å²) in [7, 11) is 15.9. The standard InChI is InChI=1S/C34H39Cl3N4O8.C31H38N4O6.C31H37N3O7.HNO3.Na.Zn/c1-7-8-45-29-18(3)30-32(49-16-48-30)26-20(29)11-22-27-25-19(9-17(2)28(44-6)31(25)47-15-43-5)10-21(40(27)4)23(12-38)41(22)24(26)13-39-33(42)46-14-34(35,36)37;1-7-8-38-28-17(3)29-31(41-15-40-29)25-19(28)11-21-26-24-18(9-16(2)27(37-6)30(24)39-14-36-5)10-20(34(26)4)22(12-32)35(21)23(25)13-33;1-7-8-38-28-17(3)29-31(41-15-40-29)25-19(28)11-21-26-24-18(9-16(2)27(37-6)30(24)39-14-36-5)10-20(33(26)4)22(12-32)34(21)23(25)13-35;2-1-4-3;;/h7,9,21-24,27H,1,8,10-11,13-16H2,2-6H3,(H,39,42);7,9,20-23,26H,1,8,10-11,13-15,33H2,2-6H3;7,9,20-23,26,35H,1,8,10-11,13-15H2,2-6H3;3H;;/q;;;;+1;/p-1/t21-,22?,23-,24-,27-;2*20-,21?,22-,23-,26-;;;/m000.../s1. The van der Waals surface area contributed by atoms with Crippen LogP contribution < -0.4 is 117 Å². The van der Waals surface area contributed by atoms with Crippen molar-refractivity contribution in [1.82, 2.24) is 34.7 Å². The number of carbonyl (C=O) groups is 1. The number of nitriles is 3. The molecular weight excluding hydrogens is 1900 g/mol. The second kappa shape index (κ2) is 44.7. The molecule has 0 aliphatic carbocycles. The van der Waals surface area contributed by atoms with Crippen LogP contribution in [0.3, 0.4) is 0 Å². The average Bonchev–Trinajstić information content (AvgIpc) is 1.09. The van der Waals surface area contributed by atoms with E-state index in [1.54, 1.807) is 60.9 Å². The Kier molecular flexibility index (Phi) is 34.2. The fourth-order valence-electron chi connectivity index (χ4n) is 23.2. The molecule has 36 nitrogen and oxygen atoms in total. The van der Waals surface area contributed by atoms with Gasteiger partial charge in [0.25, 0.3) is 0 Å². The van der Waals surface area contributed by atoms with Crippen LogP contribution >= 0.6 is 34.8 Å². The molecule has 3 fully saturated rings. The van der Waals surface area contributed by atoms with Crippen molar-refractivity contribution >= 4 is 40.9 Å². The SMILES string of the molecule is C=CCOc1c(C)c2c(c3c1CC1[C@H]4c5c(cc(C)c(OC)c5OCOC)C[C@@H]([C@H](C#N)N1[C@H]3CN)N4C)OCO2.C=CCOc1c(C)c2c(c3c1CC1[C@H]4c5c(cc(C)c(OC)c5OCOC)C[C@@H]([C@H](C#N)N1[C@H]3CNC(=O)OCC(Cl)(Cl)Cl)N4C)OCO2.C=CCOc1c(C)c2c(c3c1CC1[C@H]4c5c(cc(C)c(OC)c5OCOC)C[C@@H]([C@H](C#N)N1[C@H]3CO)N4C)OCO2.O=NO[O-].[Na+].[Zn]. The molecule has 0 radical (unpaired) electrons. The maximum absolute atomic E-state index is 13.0. The van der Waals surface area contributed by atoms with Gasteiger partial charge in [-0.15, -0.1) is 4.91 Å². The molecule has 18 rings (SSSR count). The Morgan fingerprint density at radius 3 is 1.09 bits per heavy atom. The number of fused-ring (bicyclic) bond motifs is 27. The van der Waals surface area contributed by atoms with E-state index in [4.69, 9.17) is 141 Å². The molecule has 1 amide bonds. The molecule has 0 aromatic heterocycles. The largest absolute Gasteiger partial charge is 1.00 e. The van der Waals surface area contributed by atoms with Crippen LogP contribution in [-0.4, -0.2) is 249 Å². The smallest absolute Gasteiger partial charge is 0.635 e. The molecule has 12 aliphatic rings. The second-order valence-electron chi connectivity index (χ2n) is 34.8. The molecule has 137 heavy (non-hydrogen) atoms. The van der Waals surface area contributed by atoms with Crippen LogP contribution in [0, 0.1) is 80.4 Å². The van der Waals surface area contributed by atoms with Crippen LogP contribution in [0.4, 0.5) is 4.79 Å². The van der Waals surface area contributed by atoms with Gasteiger partial charge in [0.15, 0.2) is 89.4 Å². The molecule has 12 aliphatic heterocycles. The number of halogens is 3. The maximum atomic E-state index is 13.0. The van der Waals surface area contributed by atoms with E-state index in [-0.39, 0.29) is 170 Å². The van der Waals surface area contributed by atoms with Gasteiger partial charge in [0.1, 0.15) is 67.1 Å². The van der Waals surface area contributed by atoms with Crippen molar-refractivity contribution in [3.8, 4) is 104 Å². The number of methoxy groups -OCH3 is 6. The zero-order chi connectivity index (χ0) is 96.6. The monoisotopic (exact) mass is 2010 g/mol. The molecule has 4 N–H and O–H groups in total. The molecule has 726 valence electrons. The van der Waals surface area contributed by atoms with Gasteiger partial charge in [-0.2, -0.15) is 15.8 Å². The van der Waals surface area contributed by atoms with Crippen molar-refractivity contribution in [3.05, 3.63) is 161 Å². The Balaban J connectivity index is 0.000000170. The molecule has 41 heteroatoms. The molecule has 0 saturated carbocycles. The fraction of sp³-hybridized carbons (Fsp3) is 0.521. The van der Waals surface area contributed by atoms with E-state index >= 15 is 0 Å². The van der Waals surface area contributed by atoms with E-state index in [0.717, 1.165) is 100 Å². The van der Waals surface area contributed by atoms with Crippen LogP contribution in [0.2, 0.25) is 0 Å². The first kappa shape index (κ1) is 105. The molecule has 12 heterocycles. The van der Waals surface area contributed by atoms with Crippen LogP contribution in [0.25, 0.3) is 0 Å². The Hall–Kier alpha value is -9.31. The maximum Gasteiger partial charge on any atom is 1.00 e. The van der Waals surface area contributed by atoms with E-state index in [0.29, 0.717) is 139 Å². The number of ether oxygens (including phenoxy) is 19. The van der Waals surface area contributed by atoms with Gasteiger partial charge in [0, 0.05) is 157 Å². The second-order valence-corrected chi connectivity index (χ2v) is 37.3. The molecule has 15 atom stereocenters. The van der Waals surface area contributed by atoms with Gasteiger partial charge >= 0.3 is 35.7 Å². The predicted molar refractivity (Wildman–Crippen MR) is 491 cm³/mol. The normalized spacial score (nSPS) is 24.2. The molecular formula is C96H114Cl3N12NaO24Zn. The summed E-state index contributed by atoms with van der Waals surface area (Å²) in [4.78, 5) is 37.3. The number of carbonyl (C=O) groups excluding carboxylic acids is 1. The summed E-state index contributed by atoms with van der Waals surface area (Å²) in [6.45, 7) is 24.5. The van der Waals surface area contributed by atoms with Gasteiger partial charge in [0.2, 0.25) is 24.2 Å². The van der Waals surface area contributed by atoms with E-state index in [9.17, 15) is 25.7 Å². The van der Waals surface area contributed by atoms with E-state index < -0.39 is 46.7 Å². The number of aliphatic hydroxyl groups is 1. The van der Waals surface area contributed by atoms with Crippen molar-refractivity contribution in [1.29, 1.82) is 15.8 Å². The summed E-state index contributed by atoms with van der Waals surface area (Å²) >= 11 is 17.5. The van der Waals surface area contributed by atoms with Gasteiger partial charge < -0.3 is 116 Å². The van der Waals surface area contributed by atoms with Crippen molar-refractivity contribution in [3.63, 3.8) is 0 Å². The van der Waals surface area contributed by atoms with E-state index in [2.05, 4.69) is 110 Å². The van der Waals surface area contributed by atoms with Crippen molar-refractivity contribution < 1.29 is 159 Å². The van der Waals surface area contributed by atoms with Crippen LogP contribution in [0.15, 0.2) is 61.5 Å².